The van der Waals surface area contributed by atoms with Crippen LogP contribution in [0.1, 0.15) is 43.9 Å². The molecule has 0 saturated heterocycles. The van der Waals surface area contributed by atoms with Crippen LogP contribution in [0.3, 0.4) is 0 Å². The number of benzene rings is 1. The van der Waals surface area contributed by atoms with Crippen LogP contribution in [0.5, 0.6) is 5.75 Å². The first kappa shape index (κ1) is 22.3. The Morgan fingerprint density at radius 3 is 2.71 bits per heavy atom. The van der Waals surface area contributed by atoms with Crippen LogP contribution in [0, 0.1) is 6.92 Å². The number of pyridine rings is 1. The van der Waals surface area contributed by atoms with Crippen LogP contribution in [0.4, 0.5) is 5.82 Å². The highest BCUT2D eigenvalue weighted by Gasteiger charge is 2.21. The number of carbonyl (C=O) groups excluding carboxylic acids is 2. The van der Waals surface area contributed by atoms with E-state index in [4.69, 9.17) is 4.74 Å². The number of allylic oxidation sites excluding steroid dienone is 1. The van der Waals surface area contributed by atoms with Crippen LogP contribution in [-0.4, -0.2) is 34.8 Å². The molecule has 2 heterocycles. The number of rotatable bonds is 6. The molecule has 1 atom stereocenters. The molecule has 0 radical (unpaired) electrons. The first-order chi connectivity index (χ1) is 14.8. The number of carbonyl (C=O) groups is 2. The van der Waals surface area contributed by atoms with E-state index in [1.165, 1.54) is 6.08 Å². The van der Waals surface area contributed by atoms with E-state index in [1.807, 2.05) is 58.0 Å². The average Bonchev–Trinajstić information content (AvgIpc) is 2.75. The summed E-state index contributed by atoms with van der Waals surface area (Å²) in [4.78, 5) is 30.2. The maximum atomic E-state index is 12.8. The normalized spacial score (nSPS) is 13.9. The summed E-state index contributed by atoms with van der Waals surface area (Å²) in [5.41, 5.74) is 3.86. The smallest absolute Gasteiger partial charge is 0.246 e. The zero-order chi connectivity index (χ0) is 22.5. The van der Waals surface area contributed by atoms with Gasteiger partial charge in [0.05, 0.1) is 6.04 Å². The van der Waals surface area contributed by atoms with Gasteiger partial charge < -0.3 is 15.0 Å². The number of aryl methyl sites for hydroxylation is 2. The molecule has 31 heavy (non-hydrogen) atoms. The predicted molar refractivity (Wildman–Crippen MR) is 123 cm³/mol. The lowest BCUT2D eigenvalue weighted by Crippen LogP contribution is -2.37. The molecule has 1 aromatic carbocycles. The highest BCUT2D eigenvalue weighted by Crippen LogP contribution is 2.24. The van der Waals surface area contributed by atoms with Gasteiger partial charge in [0.2, 0.25) is 11.8 Å². The van der Waals surface area contributed by atoms with Crippen LogP contribution in [0.25, 0.3) is 6.08 Å². The first-order valence-electron chi connectivity index (χ1n) is 10.4. The molecule has 0 bridgehead atoms. The Kier molecular flexibility index (Phi) is 6.90. The van der Waals surface area contributed by atoms with E-state index in [1.54, 1.807) is 24.2 Å². The van der Waals surface area contributed by atoms with Crippen LogP contribution >= 0.6 is 0 Å². The number of amides is 2. The summed E-state index contributed by atoms with van der Waals surface area (Å²) >= 11 is 0. The topological polar surface area (TPSA) is 71.5 Å². The van der Waals surface area contributed by atoms with Crippen LogP contribution in [-0.2, 0) is 16.0 Å². The minimum atomic E-state index is -0.237. The van der Waals surface area contributed by atoms with E-state index >= 15 is 0 Å². The van der Waals surface area contributed by atoms with Crippen molar-refractivity contribution in [3.8, 4) is 5.75 Å². The third kappa shape index (κ3) is 5.40. The molecular formula is C25H29N3O3. The molecule has 6 heteroatoms. The van der Waals surface area contributed by atoms with Crippen molar-refractivity contribution < 1.29 is 14.3 Å². The van der Waals surface area contributed by atoms with E-state index in [2.05, 4.69) is 10.3 Å². The lowest BCUT2D eigenvalue weighted by atomic mass is 10.0. The summed E-state index contributed by atoms with van der Waals surface area (Å²) in [6.07, 6.45) is 6.05. The number of ether oxygens (including phenoxy) is 1. The van der Waals surface area contributed by atoms with Gasteiger partial charge in [0.1, 0.15) is 17.3 Å². The van der Waals surface area contributed by atoms with Gasteiger partial charge in [0, 0.05) is 25.7 Å². The molecule has 0 spiro atoms. The van der Waals surface area contributed by atoms with Gasteiger partial charge in [-0.15, -0.1) is 0 Å². The largest absolute Gasteiger partial charge is 0.459 e. The molecule has 1 aliphatic rings. The van der Waals surface area contributed by atoms with Gasteiger partial charge in [-0.05, 0) is 74.6 Å². The highest BCUT2D eigenvalue weighted by molar-refractivity contribution is 5.94. The number of nitrogens with one attached hydrogen (secondary N) is 1. The molecule has 1 aliphatic heterocycles. The van der Waals surface area contributed by atoms with E-state index in [0.717, 1.165) is 33.8 Å². The van der Waals surface area contributed by atoms with Crippen molar-refractivity contribution in [3.63, 3.8) is 0 Å². The van der Waals surface area contributed by atoms with Gasteiger partial charge in [-0.25, -0.2) is 4.98 Å². The summed E-state index contributed by atoms with van der Waals surface area (Å²) in [6, 6.07) is 9.55. The quantitative estimate of drug-likeness (QED) is 0.552. The number of nitrogens with zero attached hydrogens (tertiary/aromatic N) is 2. The van der Waals surface area contributed by atoms with Crippen molar-refractivity contribution in [2.45, 2.75) is 46.6 Å². The number of aromatic nitrogens is 1. The van der Waals surface area contributed by atoms with Crippen molar-refractivity contribution in [2.75, 3.05) is 12.4 Å². The monoisotopic (exact) mass is 419 g/mol. The molecule has 1 aromatic heterocycles. The van der Waals surface area contributed by atoms with Crippen molar-refractivity contribution in [2.24, 2.45) is 0 Å². The molecular weight excluding hydrogens is 390 g/mol. The number of likely N-dealkylation sites (N-methyl/N-ethyl adjacent to an activating group) is 1. The fourth-order valence-electron chi connectivity index (χ4n) is 3.41. The van der Waals surface area contributed by atoms with Gasteiger partial charge in [0.15, 0.2) is 0 Å². The first-order valence-corrected chi connectivity index (χ1v) is 10.4. The Balaban J connectivity index is 1.71. The molecule has 1 N–H and O–H groups in total. The minimum Gasteiger partial charge on any atom is -0.459 e. The summed E-state index contributed by atoms with van der Waals surface area (Å²) in [5.74, 6) is 1.99. The second-order valence-electron chi connectivity index (χ2n) is 8.01. The van der Waals surface area contributed by atoms with Crippen molar-refractivity contribution in [1.29, 1.82) is 0 Å². The molecule has 6 nitrogen and oxygen atoms in total. The second kappa shape index (κ2) is 9.60. The van der Waals surface area contributed by atoms with Gasteiger partial charge in [-0.1, -0.05) is 18.2 Å². The molecule has 3 rings (SSSR count). The van der Waals surface area contributed by atoms with Crippen LogP contribution in [0.2, 0.25) is 0 Å². The maximum absolute atomic E-state index is 12.8. The molecule has 0 saturated carbocycles. The second-order valence-corrected chi connectivity index (χ2v) is 8.01. The Morgan fingerprint density at radius 1 is 1.26 bits per heavy atom. The highest BCUT2D eigenvalue weighted by atomic mass is 16.5. The molecule has 1 unspecified atom stereocenters. The van der Waals surface area contributed by atoms with Gasteiger partial charge in [-0.2, -0.15) is 0 Å². The third-order valence-electron chi connectivity index (χ3n) is 5.40. The number of para-hydroxylation sites is 1. The molecule has 162 valence electrons. The summed E-state index contributed by atoms with van der Waals surface area (Å²) in [7, 11) is 1.77. The fourth-order valence-corrected chi connectivity index (χ4v) is 3.41. The molecule has 2 aromatic rings. The predicted octanol–water partition coefficient (Wildman–Crippen LogP) is 4.51. The summed E-state index contributed by atoms with van der Waals surface area (Å²) < 4.78 is 6.19. The van der Waals surface area contributed by atoms with E-state index < -0.39 is 0 Å². The van der Waals surface area contributed by atoms with Crippen LogP contribution in [0.15, 0.2) is 53.9 Å². The van der Waals surface area contributed by atoms with Crippen molar-refractivity contribution >= 4 is 23.7 Å². The third-order valence-corrected chi connectivity index (χ3v) is 5.40. The maximum Gasteiger partial charge on any atom is 0.246 e. The van der Waals surface area contributed by atoms with Gasteiger partial charge in [0.25, 0.3) is 0 Å². The van der Waals surface area contributed by atoms with Crippen molar-refractivity contribution in [3.05, 3.63) is 70.6 Å². The molecule has 0 fully saturated rings. The lowest BCUT2D eigenvalue weighted by Gasteiger charge is -2.27. The number of hydrogen-bond donors (Lipinski definition) is 1. The zero-order valence-corrected chi connectivity index (χ0v) is 18.7. The van der Waals surface area contributed by atoms with Crippen LogP contribution < -0.4 is 10.1 Å². The standard InChI is InChI=1S/C25H29N3O3/c1-16(2)24(31-21-9-7-6-8-17(21)3)18(4)28(5)23(30)13-10-19-14-20-11-12-22(29)27-25(20)26-15-19/h6-10,13-15,18H,11-12H2,1-5H3,(H,26,27,29)/b13-10+. The number of fused-ring (bicyclic) bond motifs is 1. The van der Waals surface area contributed by atoms with E-state index in [9.17, 15) is 9.59 Å². The Morgan fingerprint density at radius 2 is 2.00 bits per heavy atom. The van der Waals surface area contributed by atoms with E-state index in [0.29, 0.717) is 18.7 Å². The number of hydrogen-bond acceptors (Lipinski definition) is 4. The molecule has 0 aliphatic carbocycles. The fraction of sp³-hybridized carbons (Fsp3) is 0.320. The number of anilines is 1. The van der Waals surface area contributed by atoms with Crippen molar-refractivity contribution in [1.82, 2.24) is 9.88 Å². The average molecular weight is 420 g/mol. The Labute approximate surface area is 183 Å². The van der Waals surface area contributed by atoms with Gasteiger partial charge in [-0.3, -0.25) is 9.59 Å². The molecule has 2 amide bonds. The van der Waals surface area contributed by atoms with E-state index in [-0.39, 0.29) is 17.9 Å². The lowest BCUT2D eigenvalue weighted by molar-refractivity contribution is -0.126. The zero-order valence-electron chi connectivity index (χ0n) is 18.7. The van der Waals surface area contributed by atoms with Gasteiger partial charge >= 0.3 is 0 Å². The summed E-state index contributed by atoms with van der Waals surface area (Å²) in [5, 5.41) is 2.76. The minimum absolute atomic E-state index is 0.0166. The Hall–Kier alpha value is -3.41. The summed E-state index contributed by atoms with van der Waals surface area (Å²) in [6.45, 7) is 7.92. The SMILES string of the molecule is CC(C)=C(Oc1ccccc1C)C(C)N(C)C(=O)/C=C/c1cnc2c(c1)CCC(=O)N2. The Bertz CT molecular complexity index is 1050.